The van der Waals surface area contributed by atoms with Crippen LogP contribution in [0.3, 0.4) is 0 Å². The van der Waals surface area contributed by atoms with Crippen molar-refractivity contribution in [3.8, 4) is 0 Å². The topological polar surface area (TPSA) is 3.24 Å². The Labute approximate surface area is 93.2 Å². The molecule has 1 fully saturated rings. The molecule has 0 saturated carbocycles. The Kier molecular flexibility index (Phi) is 2.83. The van der Waals surface area contributed by atoms with Crippen LogP contribution in [0.15, 0.2) is 35.5 Å². The first-order valence-corrected chi connectivity index (χ1v) is 5.80. The van der Waals surface area contributed by atoms with Gasteiger partial charge in [-0.1, -0.05) is 24.3 Å². The minimum absolute atomic E-state index is 0.324. The molecule has 0 atom stereocenters. The van der Waals surface area contributed by atoms with Gasteiger partial charge in [0, 0.05) is 5.41 Å². The van der Waals surface area contributed by atoms with Crippen LogP contribution in [0.25, 0.3) is 0 Å². The van der Waals surface area contributed by atoms with E-state index in [9.17, 15) is 0 Å². The monoisotopic (exact) mass is 202 g/mol. The first-order chi connectivity index (χ1) is 7.22. The SMILES string of the molecule is [CH2-]N1CCC2(C=CC(=C/C)/C2=C\C)CC1. The summed E-state index contributed by atoms with van der Waals surface area (Å²) in [5.74, 6) is 0. The molecule has 0 amide bonds. The van der Waals surface area contributed by atoms with Gasteiger partial charge in [-0.2, -0.15) is 0 Å². The highest BCUT2D eigenvalue weighted by Gasteiger charge is 2.37. The van der Waals surface area contributed by atoms with Gasteiger partial charge < -0.3 is 4.90 Å². The molecule has 0 unspecified atom stereocenters. The summed E-state index contributed by atoms with van der Waals surface area (Å²) in [5.41, 5.74) is 3.26. The average molecular weight is 202 g/mol. The summed E-state index contributed by atoms with van der Waals surface area (Å²) < 4.78 is 0. The van der Waals surface area contributed by atoms with Crippen molar-refractivity contribution in [1.29, 1.82) is 0 Å². The van der Waals surface area contributed by atoms with Crippen LogP contribution in [-0.2, 0) is 0 Å². The number of nitrogens with zero attached hydrogens (tertiary/aromatic N) is 1. The van der Waals surface area contributed by atoms with Crippen LogP contribution in [0, 0.1) is 12.5 Å². The van der Waals surface area contributed by atoms with Crippen LogP contribution in [-0.4, -0.2) is 18.0 Å². The summed E-state index contributed by atoms with van der Waals surface area (Å²) >= 11 is 0. The van der Waals surface area contributed by atoms with Crippen molar-refractivity contribution >= 4 is 0 Å². The summed E-state index contributed by atoms with van der Waals surface area (Å²) in [6.45, 7) is 6.50. The molecule has 0 aromatic heterocycles. The van der Waals surface area contributed by atoms with E-state index >= 15 is 0 Å². The van der Waals surface area contributed by atoms with Crippen molar-refractivity contribution in [1.82, 2.24) is 4.90 Å². The predicted octanol–water partition coefficient (Wildman–Crippen LogP) is 3.32. The average Bonchev–Trinajstić information content (AvgIpc) is 2.61. The van der Waals surface area contributed by atoms with Gasteiger partial charge in [-0.05, 0) is 50.9 Å². The number of hydrogen-bond donors (Lipinski definition) is 0. The van der Waals surface area contributed by atoms with Crippen LogP contribution in [0.4, 0.5) is 0 Å². The molecule has 2 aliphatic rings. The van der Waals surface area contributed by atoms with Crippen LogP contribution < -0.4 is 0 Å². The molecule has 0 radical (unpaired) electrons. The number of allylic oxidation sites excluding steroid dienone is 6. The van der Waals surface area contributed by atoms with E-state index in [1.165, 1.54) is 24.0 Å². The molecule has 1 spiro atoms. The molecular formula is C14H20N-. The summed E-state index contributed by atoms with van der Waals surface area (Å²) in [4.78, 5) is 2.18. The van der Waals surface area contributed by atoms with Gasteiger partial charge in [0.05, 0.1) is 0 Å². The van der Waals surface area contributed by atoms with E-state index in [1.54, 1.807) is 0 Å². The van der Waals surface area contributed by atoms with Crippen molar-refractivity contribution in [2.45, 2.75) is 26.7 Å². The molecule has 15 heavy (non-hydrogen) atoms. The fraction of sp³-hybridized carbons (Fsp3) is 0.500. The third-order valence-electron chi connectivity index (χ3n) is 3.78. The Morgan fingerprint density at radius 2 is 1.93 bits per heavy atom. The van der Waals surface area contributed by atoms with E-state index in [0.29, 0.717) is 5.41 Å². The lowest BCUT2D eigenvalue weighted by Gasteiger charge is -2.42. The van der Waals surface area contributed by atoms with E-state index in [1.807, 2.05) is 0 Å². The van der Waals surface area contributed by atoms with Crippen LogP contribution in [0.2, 0.25) is 0 Å². The van der Waals surface area contributed by atoms with Crippen molar-refractivity contribution in [2.24, 2.45) is 5.41 Å². The molecule has 1 aliphatic heterocycles. The van der Waals surface area contributed by atoms with Gasteiger partial charge in [0.1, 0.15) is 0 Å². The zero-order valence-corrected chi connectivity index (χ0v) is 9.79. The molecule has 1 heteroatoms. The summed E-state index contributed by atoms with van der Waals surface area (Å²) in [7, 11) is 4.02. The standard InChI is InChI=1S/C14H20N/c1-4-12-6-7-14(13(12)5-2)8-10-15(3)11-9-14/h4-7H,3,8-11H2,1-2H3/q-1/b12-4-,13-5+. The van der Waals surface area contributed by atoms with Gasteiger partial charge in [-0.25, -0.2) is 0 Å². The van der Waals surface area contributed by atoms with Crippen LogP contribution in [0.5, 0.6) is 0 Å². The Balaban J connectivity index is 2.27. The van der Waals surface area contributed by atoms with E-state index in [4.69, 9.17) is 0 Å². The molecule has 1 heterocycles. The highest BCUT2D eigenvalue weighted by molar-refractivity contribution is 5.52. The first kappa shape index (κ1) is 10.7. The Bertz CT molecular complexity index is 325. The zero-order chi connectivity index (χ0) is 10.9. The van der Waals surface area contributed by atoms with Gasteiger partial charge >= 0.3 is 0 Å². The third-order valence-corrected chi connectivity index (χ3v) is 3.78. The van der Waals surface area contributed by atoms with Gasteiger partial charge in [-0.15, -0.1) is 0 Å². The molecule has 1 saturated heterocycles. The number of rotatable bonds is 0. The van der Waals surface area contributed by atoms with Crippen molar-refractivity contribution < 1.29 is 0 Å². The normalized spacial score (nSPS) is 30.9. The van der Waals surface area contributed by atoms with E-state index in [2.05, 4.69) is 50.1 Å². The number of piperidine rings is 1. The summed E-state index contributed by atoms with van der Waals surface area (Å²) in [6.07, 6.45) is 11.6. The molecule has 82 valence electrons. The highest BCUT2D eigenvalue weighted by atomic mass is 15.1. The van der Waals surface area contributed by atoms with Crippen molar-refractivity contribution in [3.05, 3.63) is 42.5 Å². The van der Waals surface area contributed by atoms with E-state index in [-0.39, 0.29) is 0 Å². The minimum Gasteiger partial charge on any atom is -0.459 e. The molecule has 2 rings (SSSR count). The molecule has 0 N–H and O–H groups in total. The maximum absolute atomic E-state index is 4.02. The second-order valence-electron chi connectivity index (χ2n) is 4.55. The molecule has 0 bridgehead atoms. The lowest BCUT2D eigenvalue weighted by molar-refractivity contribution is 0.215. The minimum atomic E-state index is 0.324. The highest BCUT2D eigenvalue weighted by Crippen LogP contribution is 2.47. The number of hydrogen-bond acceptors (Lipinski definition) is 1. The fourth-order valence-electron chi connectivity index (χ4n) is 2.81. The van der Waals surface area contributed by atoms with E-state index in [0.717, 1.165) is 13.1 Å². The lowest BCUT2D eigenvalue weighted by Crippen LogP contribution is -2.35. The molecule has 0 aromatic carbocycles. The smallest absolute Gasteiger partial charge is 0.0160 e. The van der Waals surface area contributed by atoms with Crippen LogP contribution >= 0.6 is 0 Å². The van der Waals surface area contributed by atoms with Crippen molar-refractivity contribution in [3.63, 3.8) is 0 Å². The molecule has 0 aromatic rings. The summed E-state index contributed by atoms with van der Waals surface area (Å²) in [6, 6.07) is 0. The second-order valence-corrected chi connectivity index (χ2v) is 4.55. The maximum atomic E-state index is 4.02. The van der Waals surface area contributed by atoms with Gasteiger partial charge in [-0.3, -0.25) is 7.05 Å². The van der Waals surface area contributed by atoms with Gasteiger partial charge in [0.2, 0.25) is 0 Å². The van der Waals surface area contributed by atoms with E-state index < -0.39 is 0 Å². The third kappa shape index (κ3) is 1.69. The Hall–Kier alpha value is -0.820. The molecular weight excluding hydrogens is 182 g/mol. The first-order valence-electron chi connectivity index (χ1n) is 5.80. The van der Waals surface area contributed by atoms with Gasteiger partial charge in [0.15, 0.2) is 0 Å². The van der Waals surface area contributed by atoms with Crippen molar-refractivity contribution in [2.75, 3.05) is 13.1 Å². The molecule has 1 nitrogen and oxygen atoms in total. The largest absolute Gasteiger partial charge is 0.459 e. The van der Waals surface area contributed by atoms with Gasteiger partial charge in [0.25, 0.3) is 0 Å². The number of likely N-dealkylation sites (tertiary alicyclic amines) is 1. The second kappa shape index (κ2) is 3.97. The lowest BCUT2D eigenvalue weighted by atomic mass is 9.74. The zero-order valence-electron chi connectivity index (χ0n) is 9.79. The fourth-order valence-corrected chi connectivity index (χ4v) is 2.81. The molecule has 1 aliphatic carbocycles. The predicted molar refractivity (Wildman–Crippen MR) is 65.3 cm³/mol. The van der Waals surface area contributed by atoms with Crippen LogP contribution in [0.1, 0.15) is 26.7 Å². The Morgan fingerprint density at radius 3 is 2.47 bits per heavy atom. The summed E-state index contributed by atoms with van der Waals surface area (Å²) in [5, 5.41) is 0. The Morgan fingerprint density at radius 1 is 1.27 bits per heavy atom. The maximum Gasteiger partial charge on any atom is 0.0160 e. The quantitative estimate of drug-likeness (QED) is 0.545.